The lowest BCUT2D eigenvalue weighted by molar-refractivity contribution is -0.121. The minimum Gasteiger partial charge on any atom is -0.391 e. The van der Waals surface area contributed by atoms with Crippen molar-refractivity contribution >= 4 is 11.7 Å². The van der Waals surface area contributed by atoms with E-state index in [4.69, 9.17) is 0 Å². The Balaban J connectivity index is 1.56. The largest absolute Gasteiger partial charge is 0.391 e. The Hall–Kier alpha value is -2.40. The summed E-state index contributed by atoms with van der Waals surface area (Å²) >= 11 is 0. The van der Waals surface area contributed by atoms with Gasteiger partial charge in [0.1, 0.15) is 5.82 Å². The van der Waals surface area contributed by atoms with Gasteiger partial charge in [0.05, 0.1) is 6.10 Å². The van der Waals surface area contributed by atoms with E-state index in [1.54, 1.807) is 6.20 Å². The minimum atomic E-state index is -0.305. The van der Waals surface area contributed by atoms with Crippen molar-refractivity contribution in [2.24, 2.45) is 0 Å². The van der Waals surface area contributed by atoms with Gasteiger partial charge in [-0.3, -0.25) is 4.79 Å². The number of carbonyl (C=O) groups excluding carboxylic acids is 1. The molecule has 1 saturated heterocycles. The first-order chi connectivity index (χ1) is 13.0. The highest BCUT2D eigenvalue weighted by Crippen LogP contribution is 2.21. The van der Waals surface area contributed by atoms with Gasteiger partial charge in [0.15, 0.2) is 0 Å². The lowest BCUT2D eigenvalue weighted by atomic mass is 10.0. The van der Waals surface area contributed by atoms with Crippen LogP contribution in [0.3, 0.4) is 0 Å². The van der Waals surface area contributed by atoms with E-state index >= 15 is 0 Å². The van der Waals surface area contributed by atoms with Gasteiger partial charge in [-0.25, -0.2) is 4.98 Å². The molecule has 0 aliphatic carbocycles. The number of β-amino-alcohol motifs (C(OH)–C–C–N with tert-alkyl or cyclic N) is 1. The molecule has 2 aromatic rings. The van der Waals surface area contributed by atoms with Crippen LogP contribution in [0.25, 0.3) is 0 Å². The summed E-state index contributed by atoms with van der Waals surface area (Å²) in [5.74, 6) is 0.911. The van der Waals surface area contributed by atoms with Gasteiger partial charge < -0.3 is 15.3 Å². The number of rotatable bonds is 6. The van der Waals surface area contributed by atoms with E-state index in [1.165, 1.54) is 16.7 Å². The number of hydrogen-bond acceptors (Lipinski definition) is 4. The number of pyridine rings is 1. The molecule has 0 bridgehead atoms. The van der Waals surface area contributed by atoms with Crippen LogP contribution >= 0.6 is 0 Å². The van der Waals surface area contributed by atoms with Gasteiger partial charge >= 0.3 is 0 Å². The Labute approximate surface area is 161 Å². The third kappa shape index (κ3) is 5.54. The van der Waals surface area contributed by atoms with Crippen LogP contribution in [0.15, 0.2) is 36.5 Å². The van der Waals surface area contributed by atoms with E-state index in [0.29, 0.717) is 19.5 Å². The van der Waals surface area contributed by atoms with Crippen LogP contribution in [0.2, 0.25) is 0 Å². The fourth-order valence-corrected chi connectivity index (χ4v) is 3.75. The first kappa shape index (κ1) is 19.4. The van der Waals surface area contributed by atoms with E-state index in [9.17, 15) is 9.90 Å². The predicted molar refractivity (Wildman–Crippen MR) is 108 cm³/mol. The molecule has 5 nitrogen and oxygen atoms in total. The first-order valence-corrected chi connectivity index (χ1v) is 9.72. The number of aliphatic hydroxyl groups excluding tert-OH is 1. The van der Waals surface area contributed by atoms with Crippen LogP contribution in [0.4, 0.5) is 5.82 Å². The Morgan fingerprint density at radius 2 is 2.07 bits per heavy atom. The average molecular weight is 367 g/mol. The van der Waals surface area contributed by atoms with Gasteiger partial charge in [-0.05, 0) is 44.7 Å². The second-order valence-electron chi connectivity index (χ2n) is 7.50. The lowest BCUT2D eigenvalue weighted by Crippen LogP contribution is -2.39. The Morgan fingerprint density at radius 3 is 2.81 bits per heavy atom. The summed E-state index contributed by atoms with van der Waals surface area (Å²) < 4.78 is 0. The van der Waals surface area contributed by atoms with Crippen molar-refractivity contribution in [2.45, 2.75) is 52.2 Å². The third-order valence-electron chi connectivity index (χ3n) is 4.96. The molecule has 144 valence electrons. The van der Waals surface area contributed by atoms with Crippen LogP contribution in [-0.2, 0) is 17.8 Å². The summed E-state index contributed by atoms with van der Waals surface area (Å²) in [4.78, 5) is 18.9. The molecule has 0 spiro atoms. The monoisotopic (exact) mass is 367 g/mol. The molecule has 1 aromatic heterocycles. The van der Waals surface area contributed by atoms with E-state index in [1.807, 2.05) is 12.1 Å². The zero-order valence-corrected chi connectivity index (χ0v) is 16.2. The van der Waals surface area contributed by atoms with Crippen molar-refractivity contribution < 1.29 is 9.90 Å². The van der Waals surface area contributed by atoms with Gasteiger partial charge in [-0.15, -0.1) is 0 Å². The van der Waals surface area contributed by atoms with Gasteiger partial charge in [-0.2, -0.15) is 0 Å². The number of nitrogens with one attached hydrogen (secondary N) is 1. The maximum Gasteiger partial charge on any atom is 0.220 e. The molecule has 1 unspecified atom stereocenters. The number of carbonyl (C=O) groups is 1. The number of nitrogens with zero attached hydrogens (tertiary/aromatic N) is 2. The van der Waals surface area contributed by atoms with Crippen molar-refractivity contribution in [2.75, 3.05) is 18.0 Å². The number of amides is 1. The molecule has 2 heterocycles. The van der Waals surface area contributed by atoms with Gasteiger partial charge in [0.25, 0.3) is 0 Å². The molecule has 1 amide bonds. The van der Waals surface area contributed by atoms with Crippen molar-refractivity contribution in [1.29, 1.82) is 0 Å². The van der Waals surface area contributed by atoms with Crippen molar-refractivity contribution in [3.63, 3.8) is 0 Å². The molecular weight excluding hydrogens is 338 g/mol. The van der Waals surface area contributed by atoms with Crippen molar-refractivity contribution in [1.82, 2.24) is 10.3 Å². The molecule has 1 aromatic carbocycles. The topological polar surface area (TPSA) is 65.5 Å². The highest BCUT2D eigenvalue weighted by atomic mass is 16.3. The summed E-state index contributed by atoms with van der Waals surface area (Å²) in [7, 11) is 0. The van der Waals surface area contributed by atoms with Gasteiger partial charge in [0, 0.05) is 37.8 Å². The average Bonchev–Trinajstić information content (AvgIpc) is 2.64. The summed E-state index contributed by atoms with van der Waals surface area (Å²) in [5.41, 5.74) is 4.65. The second kappa shape index (κ2) is 9.00. The molecule has 1 aliphatic heterocycles. The minimum absolute atomic E-state index is 0.0441. The fraction of sp³-hybridized carbons (Fsp3) is 0.455. The third-order valence-corrected chi connectivity index (χ3v) is 4.96. The maximum atomic E-state index is 12.3. The first-order valence-electron chi connectivity index (χ1n) is 9.72. The molecule has 0 radical (unpaired) electrons. The molecule has 2 N–H and O–H groups in total. The van der Waals surface area contributed by atoms with Crippen LogP contribution < -0.4 is 10.2 Å². The number of benzene rings is 1. The number of anilines is 1. The summed E-state index contributed by atoms with van der Waals surface area (Å²) in [6, 6.07) is 10.3. The molecular formula is C22H29N3O2. The summed E-state index contributed by atoms with van der Waals surface area (Å²) in [5, 5.41) is 12.9. The number of aliphatic hydroxyl groups is 1. The van der Waals surface area contributed by atoms with Crippen molar-refractivity contribution in [3.05, 3.63) is 58.8 Å². The van der Waals surface area contributed by atoms with Gasteiger partial charge in [0.2, 0.25) is 5.91 Å². The maximum absolute atomic E-state index is 12.3. The summed E-state index contributed by atoms with van der Waals surface area (Å²) in [6.07, 6.45) is 4.48. The standard InChI is InChI=1S/C22H29N3O2/c1-16-11-17(2)13-18(12-16)7-8-21(27)24-14-19-5-3-9-23-22(19)25-10-4-6-20(26)15-25/h3,5,9,11-13,20,26H,4,6-8,10,14-15H2,1-2H3,(H,24,27). The van der Waals surface area contributed by atoms with Crippen LogP contribution in [-0.4, -0.2) is 35.2 Å². The zero-order valence-electron chi connectivity index (χ0n) is 16.2. The van der Waals surface area contributed by atoms with Crippen LogP contribution in [0.5, 0.6) is 0 Å². The van der Waals surface area contributed by atoms with E-state index in [-0.39, 0.29) is 12.0 Å². The Kier molecular flexibility index (Phi) is 6.45. The SMILES string of the molecule is Cc1cc(C)cc(CCC(=O)NCc2cccnc2N2CCCC(O)C2)c1. The zero-order chi connectivity index (χ0) is 19.2. The highest BCUT2D eigenvalue weighted by Gasteiger charge is 2.21. The van der Waals surface area contributed by atoms with Crippen LogP contribution in [0, 0.1) is 13.8 Å². The normalized spacial score (nSPS) is 17.0. The van der Waals surface area contributed by atoms with Crippen LogP contribution in [0.1, 0.15) is 41.5 Å². The smallest absolute Gasteiger partial charge is 0.220 e. The molecule has 1 fully saturated rings. The molecule has 3 rings (SSSR count). The number of aromatic nitrogens is 1. The Bertz CT molecular complexity index is 771. The quantitative estimate of drug-likeness (QED) is 0.824. The van der Waals surface area contributed by atoms with E-state index in [0.717, 1.165) is 37.2 Å². The number of hydrogen-bond donors (Lipinski definition) is 2. The number of piperidine rings is 1. The molecule has 27 heavy (non-hydrogen) atoms. The van der Waals surface area contributed by atoms with Gasteiger partial charge in [-0.1, -0.05) is 35.4 Å². The molecule has 1 atom stereocenters. The second-order valence-corrected chi connectivity index (χ2v) is 7.50. The molecule has 5 heteroatoms. The fourth-order valence-electron chi connectivity index (χ4n) is 3.75. The Morgan fingerprint density at radius 1 is 1.30 bits per heavy atom. The lowest BCUT2D eigenvalue weighted by Gasteiger charge is -2.32. The highest BCUT2D eigenvalue weighted by molar-refractivity contribution is 5.76. The summed E-state index contributed by atoms with van der Waals surface area (Å²) in [6.45, 7) is 6.11. The van der Waals surface area contributed by atoms with Crippen molar-refractivity contribution in [3.8, 4) is 0 Å². The molecule has 0 saturated carbocycles. The van der Waals surface area contributed by atoms with E-state index in [2.05, 4.69) is 47.2 Å². The van der Waals surface area contributed by atoms with E-state index < -0.39 is 0 Å². The number of aryl methyl sites for hydroxylation is 3. The predicted octanol–water partition coefficient (Wildman–Crippen LogP) is 2.91. The molecule has 1 aliphatic rings.